The molecule has 3 heteroatoms. The Morgan fingerprint density at radius 3 is 2.50 bits per heavy atom. The first-order chi connectivity index (χ1) is 5.50. The molecular formula is C9H20O2Si. The van der Waals surface area contributed by atoms with Gasteiger partial charge in [-0.25, -0.2) is 0 Å². The van der Waals surface area contributed by atoms with Gasteiger partial charge in [0, 0.05) is 9.52 Å². The molecule has 0 rings (SSSR count). The van der Waals surface area contributed by atoms with Crippen LogP contribution in [0.2, 0.25) is 11.1 Å². The quantitative estimate of drug-likeness (QED) is 0.359. The lowest BCUT2D eigenvalue weighted by Gasteiger charge is -2.28. The summed E-state index contributed by atoms with van der Waals surface area (Å²) in [6.07, 6.45) is 0. The van der Waals surface area contributed by atoms with Crippen LogP contribution in [0.1, 0.15) is 27.7 Å². The van der Waals surface area contributed by atoms with Gasteiger partial charge in [0.05, 0.1) is 6.61 Å². The van der Waals surface area contributed by atoms with Crippen molar-refractivity contribution in [2.75, 3.05) is 6.61 Å². The summed E-state index contributed by atoms with van der Waals surface area (Å²) in [6, 6.07) is 1.10. The molecule has 0 spiro atoms. The number of rotatable bonds is 6. The summed E-state index contributed by atoms with van der Waals surface area (Å²) in [6.45, 7) is 10.3. The van der Waals surface area contributed by atoms with Crippen molar-refractivity contribution in [1.82, 2.24) is 0 Å². The van der Waals surface area contributed by atoms with E-state index >= 15 is 0 Å². The van der Waals surface area contributed by atoms with Crippen molar-refractivity contribution in [1.29, 1.82) is 0 Å². The zero-order chi connectivity index (χ0) is 9.61. The third-order valence-electron chi connectivity index (χ3n) is 2.71. The maximum Gasteiger partial charge on any atom is 0.293 e. The third-order valence-corrected chi connectivity index (χ3v) is 5.46. The summed E-state index contributed by atoms with van der Waals surface area (Å²) in [4.78, 5) is 9.86. The van der Waals surface area contributed by atoms with E-state index in [0.29, 0.717) is 18.1 Å². The predicted molar refractivity (Wildman–Crippen MR) is 54.2 cm³/mol. The van der Waals surface area contributed by atoms with Crippen LogP contribution in [0, 0.1) is 5.92 Å². The number of carbonyl (C=O) groups is 1. The molecule has 0 aliphatic rings. The van der Waals surface area contributed by atoms with Crippen LogP contribution in [-0.2, 0) is 9.53 Å². The normalized spacial score (nSPS) is 12.8. The van der Waals surface area contributed by atoms with Gasteiger partial charge in [-0.2, -0.15) is 0 Å². The lowest BCUT2D eigenvalue weighted by Crippen LogP contribution is -2.20. The second kappa shape index (κ2) is 5.35. The maximum atomic E-state index is 9.86. The molecular weight excluding hydrogens is 168 g/mol. The van der Waals surface area contributed by atoms with Crippen molar-refractivity contribution >= 4 is 16.0 Å². The molecule has 0 heterocycles. The summed E-state index contributed by atoms with van der Waals surface area (Å²) in [7, 11) is -0.112. The minimum atomic E-state index is -0.112. The minimum Gasteiger partial charge on any atom is -0.468 e. The van der Waals surface area contributed by atoms with E-state index in [1.807, 2.05) is 0 Å². The standard InChI is InChI=1S/C9H20O2Si/c1-8(2)9(3,4)12-6-5-11-7-10/h7-8H,5-6,12H2,1-4H3. The van der Waals surface area contributed by atoms with E-state index in [0.717, 1.165) is 12.0 Å². The third kappa shape index (κ3) is 4.54. The molecule has 0 amide bonds. The highest BCUT2D eigenvalue weighted by Gasteiger charge is 2.21. The van der Waals surface area contributed by atoms with Gasteiger partial charge in [0.15, 0.2) is 0 Å². The topological polar surface area (TPSA) is 26.3 Å². The summed E-state index contributed by atoms with van der Waals surface area (Å²) in [5, 5.41) is 0.492. The molecule has 12 heavy (non-hydrogen) atoms. The highest BCUT2D eigenvalue weighted by Crippen LogP contribution is 2.33. The Labute approximate surface area is 77.5 Å². The average molecular weight is 188 g/mol. The van der Waals surface area contributed by atoms with E-state index < -0.39 is 0 Å². The van der Waals surface area contributed by atoms with Gasteiger partial charge in [-0.15, -0.1) is 0 Å². The molecule has 0 aromatic heterocycles. The average Bonchev–Trinajstić information content (AvgIpc) is 1.98. The molecule has 0 aliphatic carbocycles. The van der Waals surface area contributed by atoms with Gasteiger partial charge in [0.2, 0.25) is 0 Å². The highest BCUT2D eigenvalue weighted by molar-refractivity contribution is 6.39. The second-order valence-electron chi connectivity index (χ2n) is 4.21. The van der Waals surface area contributed by atoms with Gasteiger partial charge in [0.25, 0.3) is 6.47 Å². The van der Waals surface area contributed by atoms with E-state index in [1.54, 1.807) is 0 Å². The van der Waals surface area contributed by atoms with E-state index in [4.69, 9.17) is 0 Å². The Bertz CT molecular complexity index is 132. The Morgan fingerprint density at radius 1 is 1.50 bits per heavy atom. The first kappa shape index (κ1) is 11.7. The van der Waals surface area contributed by atoms with Crippen LogP contribution in [0.15, 0.2) is 0 Å². The smallest absolute Gasteiger partial charge is 0.293 e. The number of hydrogen-bond donors (Lipinski definition) is 0. The minimum absolute atomic E-state index is 0.112. The van der Waals surface area contributed by atoms with Crippen LogP contribution < -0.4 is 0 Å². The maximum absolute atomic E-state index is 9.86. The lowest BCUT2D eigenvalue weighted by atomic mass is 9.99. The molecule has 0 saturated heterocycles. The van der Waals surface area contributed by atoms with Crippen LogP contribution in [0.4, 0.5) is 0 Å². The van der Waals surface area contributed by atoms with Gasteiger partial charge < -0.3 is 4.74 Å². The van der Waals surface area contributed by atoms with Crippen molar-refractivity contribution in [3.05, 3.63) is 0 Å². The van der Waals surface area contributed by atoms with Crippen molar-refractivity contribution in [3.8, 4) is 0 Å². The first-order valence-corrected chi connectivity index (χ1v) is 6.26. The zero-order valence-electron chi connectivity index (χ0n) is 8.59. The van der Waals surface area contributed by atoms with Gasteiger partial charge in [-0.05, 0) is 17.0 Å². The number of hydrogen-bond acceptors (Lipinski definition) is 2. The molecule has 0 unspecified atom stereocenters. The molecule has 0 aliphatic heterocycles. The van der Waals surface area contributed by atoms with E-state index in [1.165, 1.54) is 0 Å². The number of carbonyl (C=O) groups excluding carboxylic acids is 1. The van der Waals surface area contributed by atoms with Crippen molar-refractivity contribution in [2.45, 2.75) is 38.8 Å². The van der Waals surface area contributed by atoms with E-state index in [2.05, 4.69) is 32.4 Å². The molecule has 2 nitrogen and oxygen atoms in total. The molecule has 0 N–H and O–H groups in total. The molecule has 0 aromatic carbocycles. The zero-order valence-corrected chi connectivity index (χ0v) is 10.0. The van der Waals surface area contributed by atoms with Crippen LogP contribution in [0.25, 0.3) is 0 Å². The Morgan fingerprint density at radius 2 is 2.08 bits per heavy atom. The van der Waals surface area contributed by atoms with Gasteiger partial charge in [0.1, 0.15) is 0 Å². The summed E-state index contributed by atoms with van der Waals surface area (Å²) < 4.78 is 4.66. The Balaban J connectivity index is 3.54. The lowest BCUT2D eigenvalue weighted by molar-refractivity contribution is -0.128. The summed E-state index contributed by atoms with van der Waals surface area (Å²) in [5.41, 5.74) is 0. The van der Waals surface area contributed by atoms with Crippen LogP contribution in [-0.4, -0.2) is 22.6 Å². The summed E-state index contributed by atoms with van der Waals surface area (Å²) >= 11 is 0. The molecule has 0 atom stereocenters. The summed E-state index contributed by atoms with van der Waals surface area (Å²) in [5.74, 6) is 0.736. The molecule has 0 radical (unpaired) electrons. The largest absolute Gasteiger partial charge is 0.468 e. The number of ether oxygens (including phenoxy) is 1. The first-order valence-electron chi connectivity index (χ1n) is 4.56. The van der Waals surface area contributed by atoms with Crippen LogP contribution in [0.5, 0.6) is 0 Å². The van der Waals surface area contributed by atoms with E-state index in [-0.39, 0.29) is 9.52 Å². The predicted octanol–water partition coefficient (Wildman–Crippen LogP) is 1.60. The van der Waals surface area contributed by atoms with Crippen LogP contribution in [0.3, 0.4) is 0 Å². The highest BCUT2D eigenvalue weighted by atomic mass is 28.2. The molecule has 0 bridgehead atoms. The van der Waals surface area contributed by atoms with Crippen molar-refractivity contribution < 1.29 is 9.53 Å². The van der Waals surface area contributed by atoms with Crippen molar-refractivity contribution in [2.24, 2.45) is 5.92 Å². The molecule has 0 saturated carbocycles. The molecule has 72 valence electrons. The van der Waals surface area contributed by atoms with E-state index in [9.17, 15) is 4.79 Å². The van der Waals surface area contributed by atoms with Crippen LogP contribution >= 0.6 is 0 Å². The fourth-order valence-electron chi connectivity index (χ4n) is 0.948. The molecule has 0 aromatic rings. The second-order valence-corrected chi connectivity index (χ2v) is 7.24. The van der Waals surface area contributed by atoms with Gasteiger partial charge in [-0.1, -0.05) is 27.7 Å². The fraction of sp³-hybridized carbons (Fsp3) is 0.889. The molecule has 0 fully saturated rings. The Kier molecular flexibility index (Phi) is 5.21. The Hall–Kier alpha value is -0.313. The van der Waals surface area contributed by atoms with Gasteiger partial charge in [-0.3, -0.25) is 4.79 Å². The fourth-order valence-corrected chi connectivity index (χ4v) is 2.75. The van der Waals surface area contributed by atoms with Gasteiger partial charge >= 0.3 is 0 Å². The SMILES string of the molecule is CC(C)C(C)(C)[SiH2]CCOC=O. The van der Waals surface area contributed by atoms with Crippen molar-refractivity contribution in [3.63, 3.8) is 0 Å². The monoisotopic (exact) mass is 188 g/mol.